The maximum Gasteiger partial charge on any atom is 0.162 e. The summed E-state index contributed by atoms with van der Waals surface area (Å²) in [7, 11) is 0. The van der Waals surface area contributed by atoms with E-state index in [0.717, 1.165) is 22.6 Å². The van der Waals surface area contributed by atoms with E-state index in [-0.39, 0.29) is 29.7 Å². The minimum Gasteiger partial charge on any atom is -0.463 e. The van der Waals surface area contributed by atoms with Gasteiger partial charge in [0.1, 0.15) is 11.8 Å². The van der Waals surface area contributed by atoms with Crippen molar-refractivity contribution in [3.05, 3.63) is 120 Å². The fourth-order valence-electron chi connectivity index (χ4n) is 4.54. The molecule has 3 heterocycles. The van der Waals surface area contributed by atoms with Crippen molar-refractivity contribution in [2.75, 3.05) is 0 Å². The van der Waals surface area contributed by atoms with E-state index in [1.54, 1.807) is 12.5 Å². The number of furan rings is 2. The monoisotopic (exact) mass is 384 g/mol. The molecule has 0 aliphatic carbocycles. The van der Waals surface area contributed by atoms with Gasteiger partial charge in [-0.1, -0.05) is 60.7 Å². The van der Waals surface area contributed by atoms with Crippen molar-refractivity contribution in [2.24, 2.45) is 0 Å². The zero-order valence-corrected chi connectivity index (χ0v) is 15.8. The lowest BCUT2D eigenvalue weighted by Gasteiger charge is -2.37. The number of piperidine rings is 1. The molecular formula is C25H22NO3+. The molecule has 1 fully saturated rings. The second-order valence-corrected chi connectivity index (χ2v) is 7.45. The summed E-state index contributed by atoms with van der Waals surface area (Å²) >= 11 is 0. The molecule has 0 spiro atoms. The molecule has 0 unspecified atom stereocenters. The van der Waals surface area contributed by atoms with Crippen molar-refractivity contribution in [1.82, 2.24) is 0 Å². The molecule has 2 aromatic carbocycles. The molecule has 0 bridgehead atoms. The first-order chi connectivity index (χ1) is 14.3. The molecule has 1 saturated heterocycles. The van der Waals surface area contributed by atoms with Crippen LogP contribution in [-0.4, -0.2) is 5.78 Å². The zero-order chi connectivity index (χ0) is 19.6. The van der Waals surface area contributed by atoms with Crippen molar-refractivity contribution in [3.63, 3.8) is 0 Å². The average molecular weight is 384 g/mol. The number of quaternary nitrogens is 1. The van der Waals surface area contributed by atoms with E-state index in [2.05, 4.69) is 5.32 Å². The molecule has 0 radical (unpaired) electrons. The van der Waals surface area contributed by atoms with Crippen LogP contribution >= 0.6 is 0 Å². The zero-order valence-electron chi connectivity index (χ0n) is 15.8. The third kappa shape index (κ3) is 3.22. The second kappa shape index (κ2) is 7.57. The number of rotatable bonds is 4. The van der Waals surface area contributed by atoms with Gasteiger partial charge in [-0.15, -0.1) is 0 Å². The van der Waals surface area contributed by atoms with Crippen LogP contribution in [0, 0.1) is 0 Å². The normalized spacial score (nSPS) is 24.5. The van der Waals surface area contributed by atoms with Crippen LogP contribution in [0.4, 0.5) is 0 Å². The van der Waals surface area contributed by atoms with E-state index < -0.39 is 0 Å². The summed E-state index contributed by atoms with van der Waals surface area (Å²) in [6, 6.07) is 27.3. The number of benzene rings is 2. The largest absolute Gasteiger partial charge is 0.463 e. The highest BCUT2D eigenvalue weighted by atomic mass is 16.3. The molecule has 5 rings (SSSR count). The van der Waals surface area contributed by atoms with Crippen molar-refractivity contribution in [1.29, 1.82) is 0 Å². The molecule has 4 heteroatoms. The predicted octanol–water partition coefficient (Wildman–Crippen LogP) is 4.37. The maximum absolute atomic E-state index is 14.0. The molecule has 4 atom stereocenters. The molecule has 1 aliphatic rings. The number of carbonyl (C=O) groups excluding carboxylic acids is 1. The molecule has 4 aromatic rings. The molecule has 29 heavy (non-hydrogen) atoms. The lowest BCUT2D eigenvalue weighted by molar-refractivity contribution is -0.745. The third-order valence-corrected chi connectivity index (χ3v) is 5.81. The lowest BCUT2D eigenvalue weighted by atomic mass is 9.71. The van der Waals surface area contributed by atoms with Gasteiger partial charge in [-0.3, -0.25) is 4.79 Å². The minimum atomic E-state index is -0.307. The van der Waals surface area contributed by atoms with Gasteiger partial charge in [0.2, 0.25) is 0 Å². The highest BCUT2D eigenvalue weighted by molar-refractivity contribution is 5.93. The number of hydrogen-bond acceptors (Lipinski definition) is 3. The van der Waals surface area contributed by atoms with Crippen molar-refractivity contribution in [2.45, 2.75) is 23.9 Å². The van der Waals surface area contributed by atoms with Crippen LogP contribution < -0.4 is 5.32 Å². The van der Waals surface area contributed by atoms with Gasteiger partial charge in [-0.25, -0.2) is 0 Å². The summed E-state index contributed by atoms with van der Waals surface area (Å²) in [5, 5.41) is 2.23. The fraction of sp³-hybridized carbons (Fsp3) is 0.160. The molecule has 0 saturated carbocycles. The Bertz CT molecular complexity index is 970. The number of ketones is 1. The molecule has 144 valence electrons. The summed E-state index contributed by atoms with van der Waals surface area (Å²) in [4.78, 5) is 14.0. The van der Waals surface area contributed by atoms with Crippen LogP contribution in [0.15, 0.2) is 106 Å². The van der Waals surface area contributed by atoms with E-state index in [0.29, 0.717) is 0 Å². The van der Waals surface area contributed by atoms with Crippen LogP contribution in [-0.2, 0) is 4.79 Å². The maximum atomic E-state index is 14.0. The molecule has 2 N–H and O–H groups in total. The standard InChI is InChI=1S/C25H21NO3/c27-25-21(17-9-3-1-4-10-17)23(19-13-7-15-28-19)26-24(20-14-8-16-29-20)22(25)18-11-5-2-6-12-18/h1-16,21-24,26H/p+1/t21-,22+,23+,24-. The number of carbonyl (C=O) groups is 1. The highest BCUT2D eigenvalue weighted by Gasteiger charge is 2.51. The predicted molar refractivity (Wildman–Crippen MR) is 108 cm³/mol. The Balaban J connectivity index is 1.66. The highest BCUT2D eigenvalue weighted by Crippen LogP contribution is 2.43. The van der Waals surface area contributed by atoms with Gasteiger partial charge >= 0.3 is 0 Å². The van der Waals surface area contributed by atoms with Gasteiger partial charge in [0.25, 0.3) is 0 Å². The van der Waals surface area contributed by atoms with Crippen LogP contribution in [0.1, 0.15) is 46.6 Å². The Hall–Kier alpha value is -3.37. The van der Waals surface area contributed by atoms with Gasteiger partial charge in [0.15, 0.2) is 29.4 Å². The summed E-state index contributed by atoms with van der Waals surface area (Å²) < 4.78 is 11.5. The summed E-state index contributed by atoms with van der Waals surface area (Å²) in [5.74, 6) is 1.18. The Morgan fingerprint density at radius 2 is 1.03 bits per heavy atom. The Morgan fingerprint density at radius 3 is 1.41 bits per heavy atom. The Kier molecular flexibility index (Phi) is 4.62. The van der Waals surface area contributed by atoms with Gasteiger partial charge in [-0.05, 0) is 35.4 Å². The van der Waals surface area contributed by atoms with Gasteiger partial charge in [-0.2, -0.15) is 0 Å². The first-order valence-electron chi connectivity index (χ1n) is 9.88. The number of hydrogen-bond donors (Lipinski definition) is 1. The smallest absolute Gasteiger partial charge is 0.162 e. The van der Waals surface area contributed by atoms with Gasteiger partial charge in [0.05, 0.1) is 12.5 Å². The number of Topliss-reactive ketones (excluding diaryl/α,β-unsaturated/α-hetero) is 1. The summed E-state index contributed by atoms with van der Waals surface area (Å²) in [5.41, 5.74) is 2.02. The van der Waals surface area contributed by atoms with Crippen molar-refractivity contribution < 1.29 is 18.9 Å². The van der Waals surface area contributed by atoms with Gasteiger partial charge < -0.3 is 14.2 Å². The molecule has 4 nitrogen and oxygen atoms in total. The van der Waals surface area contributed by atoms with Crippen molar-refractivity contribution in [3.8, 4) is 0 Å². The average Bonchev–Trinajstić information content (AvgIpc) is 3.49. The molecule has 2 aromatic heterocycles. The van der Waals surface area contributed by atoms with Crippen LogP contribution in [0.3, 0.4) is 0 Å². The van der Waals surface area contributed by atoms with Crippen LogP contribution in [0.25, 0.3) is 0 Å². The minimum absolute atomic E-state index is 0.157. The van der Waals surface area contributed by atoms with Crippen molar-refractivity contribution >= 4 is 5.78 Å². The van der Waals surface area contributed by atoms with E-state index in [1.807, 2.05) is 84.9 Å². The molecular weight excluding hydrogens is 362 g/mol. The van der Waals surface area contributed by atoms with Crippen LogP contribution in [0.5, 0.6) is 0 Å². The first-order valence-corrected chi connectivity index (χ1v) is 9.88. The Morgan fingerprint density at radius 1 is 0.586 bits per heavy atom. The Labute approximate surface area is 169 Å². The lowest BCUT2D eigenvalue weighted by Crippen LogP contribution is -2.91. The van der Waals surface area contributed by atoms with Crippen LogP contribution in [0.2, 0.25) is 0 Å². The quantitative estimate of drug-likeness (QED) is 0.568. The SMILES string of the molecule is O=C1[C@H](c2ccccc2)[C@H](c2ccco2)[NH2+][C@H](c2ccco2)[C@@H]1c1ccccc1. The topological polar surface area (TPSA) is 60.0 Å². The third-order valence-electron chi connectivity index (χ3n) is 5.81. The van der Waals surface area contributed by atoms with E-state index in [9.17, 15) is 4.79 Å². The van der Waals surface area contributed by atoms with E-state index in [4.69, 9.17) is 8.83 Å². The summed E-state index contributed by atoms with van der Waals surface area (Å²) in [6.07, 6.45) is 3.34. The van der Waals surface area contributed by atoms with Gasteiger partial charge in [0, 0.05) is 0 Å². The molecule has 0 amide bonds. The summed E-state index contributed by atoms with van der Waals surface area (Å²) in [6.45, 7) is 0. The second-order valence-electron chi connectivity index (χ2n) is 7.45. The molecule has 1 aliphatic heterocycles. The van der Waals surface area contributed by atoms with E-state index in [1.165, 1.54) is 0 Å². The van der Waals surface area contributed by atoms with E-state index >= 15 is 0 Å². The fourth-order valence-corrected chi connectivity index (χ4v) is 4.54. The first kappa shape index (κ1) is 17.7. The number of nitrogens with two attached hydrogens (primary N) is 1.